The first-order valence-electron chi connectivity index (χ1n) is 12.3. The number of H-pyrrole nitrogens is 2. The Kier molecular flexibility index (Phi) is 7.82. The van der Waals surface area contributed by atoms with Crippen molar-refractivity contribution in [2.45, 2.75) is 58.0 Å². The smallest absolute Gasteiger partial charge is 0.417 e. The van der Waals surface area contributed by atoms with E-state index in [1.54, 1.807) is 13.0 Å². The summed E-state index contributed by atoms with van der Waals surface area (Å²) in [6.07, 6.45) is 0.557. The number of aromatic nitrogens is 2. The number of benzene rings is 2. The molecule has 2 N–H and O–H groups in total. The highest BCUT2D eigenvalue weighted by molar-refractivity contribution is 6.11. The van der Waals surface area contributed by atoms with Crippen molar-refractivity contribution in [3.8, 4) is 11.3 Å². The summed E-state index contributed by atoms with van der Waals surface area (Å²) in [6, 6.07) is 13.4. The lowest BCUT2D eigenvalue weighted by Gasteiger charge is -2.12. The standard InChI is InChI=1S/C28H29F3N2O3/c1-2-36-24(35)14-10-5-3-4-9-13-19-25-21(33-27(19)18-11-7-6-8-12-18)15-16-22-26(25)20(28(29,30)31)17-23(34)32-22/h6-8,11-12,15-17,33H,2-5,9-10,13-14H2,1H3,(H,32,34). The Morgan fingerprint density at radius 2 is 1.56 bits per heavy atom. The number of rotatable bonds is 10. The van der Waals surface area contributed by atoms with Crippen molar-refractivity contribution >= 4 is 27.8 Å². The van der Waals surface area contributed by atoms with Gasteiger partial charge in [-0.2, -0.15) is 13.2 Å². The fourth-order valence-electron chi connectivity index (χ4n) is 4.77. The van der Waals surface area contributed by atoms with Crippen molar-refractivity contribution in [3.63, 3.8) is 0 Å². The molecule has 4 rings (SSSR count). The van der Waals surface area contributed by atoms with Gasteiger partial charge >= 0.3 is 12.1 Å². The highest BCUT2D eigenvalue weighted by Gasteiger charge is 2.34. The fraction of sp³-hybridized carbons (Fsp3) is 0.357. The van der Waals surface area contributed by atoms with E-state index in [0.29, 0.717) is 36.4 Å². The summed E-state index contributed by atoms with van der Waals surface area (Å²) < 4.78 is 47.0. The van der Waals surface area contributed by atoms with Gasteiger partial charge < -0.3 is 14.7 Å². The first-order valence-corrected chi connectivity index (χ1v) is 12.3. The van der Waals surface area contributed by atoms with Crippen LogP contribution in [0.25, 0.3) is 33.1 Å². The Bertz CT molecular complexity index is 1410. The zero-order valence-corrected chi connectivity index (χ0v) is 20.1. The number of fused-ring (bicyclic) bond motifs is 3. The van der Waals surface area contributed by atoms with Crippen LogP contribution < -0.4 is 5.56 Å². The molecule has 2 heterocycles. The molecule has 0 amide bonds. The molecule has 0 aliphatic rings. The molecular weight excluding hydrogens is 469 g/mol. The van der Waals surface area contributed by atoms with Gasteiger partial charge in [-0.05, 0) is 49.4 Å². The molecule has 0 fully saturated rings. The second-order valence-electron chi connectivity index (χ2n) is 8.87. The Labute approximate surface area is 206 Å². The molecule has 0 radical (unpaired) electrons. The Morgan fingerprint density at radius 1 is 0.889 bits per heavy atom. The van der Waals surface area contributed by atoms with Gasteiger partial charge in [0.2, 0.25) is 5.56 Å². The molecule has 0 saturated carbocycles. The maximum Gasteiger partial charge on any atom is 0.417 e. The normalized spacial score (nSPS) is 11.9. The number of ether oxygens (including phenoxy) is 1. The van der Waals surface area contributed by atoms with E-state index < -0.39 is 17.3 Å². The first-order chi connectivity index (χ1) is 17.3. The third-order valence-corrected chi connectivity index (χ3v) is 6.35. The summed E-state index contributed by atoms with van der Waals surface area (Å²) in [5, 5.41) is 0.514. The molecule has 4 aromatic rings. The van der Waals surface area contributed by atoms with Crippen molar-refractivity contribution in [3.05, 3.63) is 70.0 Å². The Balaban J connectivity index is 1.68. The zero-order chi connectivity index (χ0) is 25.7. The number of nitrogens with one attached hydrogen (secondary N) is 2. The van der Waals surface area contributed by atoms with Gasteiger partial charge in [-0.25, -0.2) is 0 Å². The number of carbonyl (C=O) groups excluding carboxylic acids is 1. The van der Waals surface area contributed by atoms with Crippen molar-refractivity contribution in [1.29, 1.82) is 0 Å². The maximum atomic E-state index is 14.0. The maximum absolute atomic E-state index is 14.0. The van der Waals surface area contributed by atoms with Crippen molar-refractivity contribution in [2.75, 3.05) is 6.61 Å². The molecule has 190 valence electrons. The van der Waals surface area contributed by atoms with Gasteiger partial charge in [0.05, 0.1) is 12.2 Å². The van der Waals surface area contributed by atoms with Gasteiger partial charge in [0, 0.05) is 40.0 Å². The summed E-state index contributed by atoms with van der Waals surface area (Å²) in [7, 11) is 0. The summed E-state index contributed by atoms with van der Waals surface area (Å²) in [4.78, 5) is 29.4. The van der Waals surface area contributed by atoms with Crippen LogP contribution in [0, 0.1) is 0 Å². The number of hydrogen-bond donors (Lipinski definition) is 2. The van der Waals surface area contributed by atoms with Crippen molar-refractivity contribution in [2.24, 2.45) is 0 Å². The Hall–Kier alpha value is -3.55. The zero-order valence-electron chi connectivity index (χ0n) is 20.1. The van der Waals surface area contributed by atoms with Crippen LogP contribution in [-0.2, 0) is 22.1 Å². The molecule has 0 unspecified atom stereocenters. The highest BCUT2D eigenvalue weighted by atomic mass is 19.4. The molecule has 36 heavy (non-hydrogen) atoms. The number of carbonyl (C=O) groups is 1. The summed E-state index contributed by atoms with van der Waals surface area (Å²) in [6.45, 7) is 2.16. The SMILES string of the molecule is CCOC(=O)CCCCCCCc1c(-c2ccccc2)[nH]c2ccc3[nH]c(=O)cc(C(F)(F)F)c3c12. The van der Waals surface area contributed by atoms with Crippen molar-refractivity contribution in [1.82, 2.24) is 9.97 Å². The predicted molar refractivity (Wildman–Crippen MR) is 135 cm³/mol. The van der Waals surface area contributed by atoms with E-state index in [-0.39, 0.29) is 16.9 Å². The molecule has 2 aromatic heterocycles. The third-order valence-electron chi connectivity index (χ3n) is 6.35. The molecule has 0 aliphatic heterocycles. The number of aromatic amines is 2. The average Bonchev–Trinajstić information content (AvgIpc) is 3.21. The molecule has 0 saturated heterocycles. The van der Waals surface area contributed by atoms with Crippen LogP contribution in [0.3, 0.4) is 0 Å². The van der Waals surface area contributed by atoms with Crippen LogP contribution in [-0.4, -0.2) is 22.5 Å². The fourth-order valence-corrected chi connectivity index (χ4v) is 4.77. The molecule has 0 bridgehead atoms. The van der Waals surface area contributed by atoms with Crippen LogP contribution >= 0.6 is 0 Å². The van der Waals surface area contributed by atoms with E-state index in [1.165, 1.54) is 6.07 Å². The van der Waals surface area contributed by atoms with E-state index in [0.717, 1.165) is 48.9 Å². The van der Waals surface area contributed by atoms with E-state index in [9.17, 15) is 22.8 Å². The molecule has 5 nitrogen and oxygen atoms in total. The van der Waals surface area contributed by atoms with Gasteiger partial charge in [-0.3, -0.25) is 9.59 Å². The van der Waals surface area contributed by atoms with Gasteiger partial charge in [0.1, 0.15) is 0 Å². The van der Waals surface area contributed by atoms with Gasteiger partial charge in [0.15, 0.2) is 0 Å². The van der Waals surface area contributed by atoms with Gasteiger partial charge in [-0.1, -0.05) is 49.6 Å². The lowest BCUT2D eigenvalue weighted by Crippen LogP contribution is -2.14. The number of pyridine rings is 1. The van der Waals surface area contributed by atoms with Crippen molar-refractivity contribution < 1.29 is 22.7 Å². The topological polar surface area (TPSA) is 75.0 Å². The average molecular weight is 499 g/mol. The monoisotopic (exact) mass is 498 g/mol. The van der Waals surface area contributed by atoms with Gasteiger partial charge in [0.25, 0.3) is 0 Å². The first kappa shape index (κ1) is 25.5. The van der Waals surface area contributed by atoms with Gasteiger partial charge in [-0.15, -0.1) is 0 Å². The van der Waals surface area contributed by atoms with E-state index in [1.807, 2.05) is 30.3 Å². The molecule has 0 aliphatic carbocycles. The van der Waals surface area contributed by atoms with Crippen LogP contribution in [0.2, 0.25) is 0 Å². The minimum Gasteiger partial charge on any atom is -0.466 e. The summed E-state index contributed by atoms with van der Waals surface area (Å²) >= 11 is 0. The second kappa shape index (κ2) is 11.0. The lowest BCUT2D eigenvalue weighted by molar-refractivity contribution is -0.143. The minimum atomic E-state index is -4.67. The number of alkyl halides is 3. The molecule has 8 heteroatoms. The van der Waals surface area contributed by atoms with E-state index in [4.69, 9.17) is 4.74 Å². The largest absolute Gasteiger partial charge is 0.466 e. The number of esters is 1. The number of unbranched alkanes of at least 4 members (excludes halogenated alkanes) is 4. The second-order valence-corrected chi connectivity index (χ2v) is 8.87. The number of halogens is 3. The molecule has 0 spiro atoms. The predicted octanol–water partition coefficient (Wildman–Crippen LogP) is 7.14. The Morgan fingerprint density at radius 3 is 2.25 bits per heavy atom. The van der Waals surface area contributed by atoms with Crippen LogP contribution in [0.15, 0.2) is 53.3 Å². The number of hydrogen-bond acceptors (Lipinski definition) is 3. The van der Waals surface area contributed by atoms with E-state index in [2.05, 4.69) is 9.97 Å². The quantitative estimate of drug-likeness (QED) is 0.180. The van der Waals surface area contributed by atoms with Crippen LogP contribution in [0.4, 0.5) is 13.2 Å². The highest BCUT2D eigenvalue weighted by Crippen LogP contribution is 2.41. The summed E-state index contributed by atoms with van der Waals surface area (Å²) in [5.41, 5.74) is 1.56. The third kappa shape index (κ3) is 5.64. The van der Waals surface area contributed by atoms with Crippen LogP contribution in [0.1, 0.15) is 56.6 Å². The van der Waals surface area contributed by atoms with E-state index >= 15 is 0 Å². The molecule has 0 atom stereocenters. The van der Waals surface area contributed by atoms with Crippen LogP contribution in [0.5, 0.6) is 0 Å². The molecular formula is C28H29F3N2O3. The lowest BCUT2D eigenvalue weighted by atomic mass is 9.95. The number of aryl methyl sites for hydroxylation is 1. The summed E-state index contributed by atoms with van der Waals surface area (Å²) in [5.74, 6) is -0.186. The molecule has 2 aromatic carbocycles. The minimum absolute atomic E-state index is 0.0162.